The van der Waals surface area contributed by atoms with Crippen LogP contribution in [0.1, 0.15) is 5.56 Å². The van der Waals surface area contributed by atoms with E-state index >= 15 is 0 Å². The van der Waals surface area contributed by atoms with Crippen LogP contribution in [0.25, 0.3) is 6.08 Å². The lowest BCUT2D eigenvalue weighted by atomic mass is 10.1. The molecule has 2 aromatic rings. The number of nitrogens with zero attached hydrogens (tertiary/aromatic N) is 4. The number of amides is 1. The van der Waals surface area contributed by atoms with E-state index in [0.29, 0.717) is 41.8 Å². The van der Waals surface area contributed by atoms with Crippen LogP contribution < -0.4 is 23.7 Å². The van der Waals surface area contributed by atoms with Gasteiger partial charge in [-0.2, -0.15) is 0 Å². The van der Waals surface area contributed by atoms with Crippen molar-refractivity contribution in [3.8, 4) is 29.5 Å². The molecule has 0 spiro atoms. The zero-order chi connectivity index (χ0) is 26.6. The lowest BCUT2D eigenvalue weighted by molar-refractivity contribution is -0.134. The fourth-order valence-electron chi connectivity index (χ4n) is 3.27. The van der Waals surface area contributed by atoms with Crippen molar-refractivity contribution in [2.24, 2.45) is 0 Å². The van der Waals surface area contributed by atoms with Crippen LogP contribution in [-0.2, 0) is 9.53 Å². The molecular weight excluding hydrogens is 504 g/mol. The zero-order valence-electron chi connectivity index (χ0n) is 20.7. The molecule has 1 aromatic carbocycles. The molecule has 1 saturated heterocycles. The number of ether oxygens (including phenoxy) is 6. The number of aromatic nitrogens is 3. The molecular formula is C25H29ClN4O7. The first-order valence-electron chi connectivity index (χ1n) is 11.3. The highest BCUT2D eigenvalue weighted by molar-refractivity contribution is 6.33. The maximum Gasteiger partial charge on any atom is 0.326 e. The lowest BCUT2D eigenvalue weighted by Crippen LogP contribution is -2.47. The molecule has 37 heavy (non-hydrogen) atoms. The SMILES string of the molecule is C=CCOc1nc(OCC=C)nc(OCC2CN(C(=O)/C=C/c3ccc(OC)c(OC)c3Cl)CCO2)n1. The van der Waals surface area contributed by atoms with Crippen LogP contribution in [0, 0.1) is 0 Å². The number of hydrogen-bond donors (Lipinski definition) is 0. The minimum absolute atomic E-state index is 0.00293. The molecule has 198 valence electrons. The van der Waals surface area contributed by atoms with Crippen LogP contribution in [0.15, 0.2) is 43.5 Å². The minimum atomic E-state index is -0.400. The first-order chi connectivity index (χ1) is 18.0. The first kappa shape index (κ1) is 27.8. The Morgan fingerprint density at radius 3 is 2.32 bits per heavy atom. The topological polar surface area (TPSA) is 114 Å². The summed E-state index contributed by atoms with van der Waals surface area (Å²) < 4.78 is 32.8. The highest BCUT2D eigenvalue weighted by Gasteiger charge is 2.24. The average molecular weight is 533 g/mol. The van der Waals surface area contributed by atoms with E-state index in [-0.39, 0.29) is 43.8 Å². The van der Waals surface area contributed by atoms with Gasteiger partial charge >= 0.3 is 18.0 Å². The standard InChI is InChI=1S/C25H29ClN4O7/c1-5-12-35-23-27-24(36-13-6-2)29-25(28-23)37-16-18-15-30(11-14-34-18)20(31)10-8-17-7-9-19(32-3)22(33-4)21(17)26/h5-10,18H,1-2,11-16H2,3-4H3/b10-8+. The monoisotopic (exact) mass is 532 g/mol. The summed E-state index contributed by atoms with van der Waals surface area (Å²) in [4.78, 5) is 26.8. The quantitative estimate of drug-likeness (QED) is 0.281. The van der Waals surface area contributed by atoms with Gasteiger partial charge in [0.25, 0.3) is 0 Å². The Morgan fingerprint density at radius 1 is 1.08 bits per heavy atom. The summed E-state index contributed by atoms with van der Waals surface area (Å²) in [5, 5.41) is 0.351. The van der Waals surface area contributed by atoms with E-state index in [1.807, 2.05) is 0 Å². The lowest BCUT2D eigenvalue weighted by Gasteiger charge is -2.32. The molecule has 0 radical (unpaired) electrons. The normalized spacial score (nSPS) is 15.2. The fraction of sp³-hybridized carbons (Fsp3) is 0.360. The second-order valence-electron chi connectivity index (χ2n) is 7.51. The summed E-state index contributed by atoms with van der Waals surface area (Å²) in [5.41, 5.74) is 0.625. The number of hydrogen-bond acceptors (Lipinski definition) is 10. The summed E-state index contributed by atoms with van der Waals surface area (Å²) in [6, 6.07) is 3.54. The van der Waals surface area contributed by atoms with Crippen LogP contribution in [0.4, 0.5) is 0 Å². The Hall–Kier alpha value is -3.83. The average Bonchev–Trinajstić information content (AvgIpc) is 2.92. The molecule has 11 nitrogen and oxygen atoms in total. The second kappa shape index (κ2) is 14.0. The molecule has 1 unspecified atom stereocenters. The third-order valence-corrected chi connectivity index (χ3v) is 5.39. The van der Waals surface area contributed by atoms with Crippen LogP contribution in [-0.4, -0.2) is 85.6 Å². The van der Waals surface area contributed by atoms with Gasteiger partial charge in [0.05, 0.1) is 32.4 Å². The Kier molecular flexibility index (Phi) is 10.5. The zero-order valence-corrected chi connectivity index (χ0v) is 21.5. The van der Waals surface area contributed by atoms with E-state index < -0.39 is 6.10 Å². The largest absolute Gasteiger partial charge is 0.493 e. The number of halogens is 1. The number of benzene rings is 1. The van der Waals surface area contributed by atoms with Gasteiger partial charge in [-0.05, 0) is 23.8 Å². The minimum Gasteiger partial charge on any atom is -0.493 e. The molecule has 1 aliphatic heterocycles. The molecule has 0 N–H and O–H groups in total. The van der Waals surface area contributed by atoms with Crippen LogP contribution in [0.5, 0.6) is 29.5 Å². The number of rotatable bonds is 13. The Labute approximate surface area is 220 Å². The second-order valence-corrected chi connectivity index (χ2v) is 7.89. The molecule has 3 rings (SSSR count). The van der Waals surface area contributed by atoms with Crippen LogP contribution in [0.3, 0.4) is 0 Å². The molecule has 0 bridgehead atoms. The van der Waals surface area contributed by atoms with Gasteiger partial charge in [0.1, 0.15) is 25.9 Å². The number of morpholine rings is 1. The van der Waals surface area contributed by atoms with Gasteiger partial charge in [-0.1, -0.05) is 36.9 Å². The number of carbonyl (C=O) groups excluding carboxylic acids is 1. The van der Waals surface area contributed by atoms with Gasteiger partial charge in [0, 0.05) is 12.6 Å². The van der Waals surface area contributed by atoms with E-state index in [1.165, 1.54) is 20.3 Å². The summed E-state index contributed by atoms with van der Waals surface area (Å²) in [6.45, 7) is 8.79. The van der Waals surface area contributed by atoms with Gasteiger partial charge in [0.2, 0.25) is 5.91 Å². The van der Waals surface area contributed by atoms with Gasteiger partial charge in [0.15, 0.2) is 11.5 Å². The van der Waals surface area contributed by atoms with Gasteiger partial charge in [-0.25, -0.2) is 0 Å². The highest BCUT2D eigenvalue weighted by atomic mass is 35.5. The van der Waals surface area contributed by atoms with E-state index in [9.17, 15) is 4.79 Å². The van der Waals surface area contributed by atoms with E-state index in [0.717, 1.165) is 0 Å². The van der Waals surface area contributed by atoms with E-state index in [1.54, 1.807) is 35.3 Å². The van der Waals surface area contributed by atoms with Crippen LogP contribution >= 0.6 is 11.6 Å². The number of carbonyl (C=O) groups is 1. The van der Waals surface area contributed by atoms with Crippen molar-refractivity contribution < 1.29 is 33.2 Å². The maximum atomic E-state index is 12.8. The highest BCUT2D eigenvalue weighted by Crippen LogP contribution is 2.37. The fourth-order valence-corrected chi connectivity index (χ4v) is 3.56. The van der Waals surface area contributed by atoms with Crippen molar-refractivity contribution in [3.63, 3.8) is 0 Å². The third kappa shape index (κ3) is 7.83. The van der Waals surface area contributed by atoms with Gasteiger partial charge in [-0.3, -0.25) is 4.79 Å². The molecule has 1 atom stereocenters. The molecule has 0 saturated carbocycles. The smallest absolute Gasteiger partial charge is 0.326 e. The van der Waals surface area contributed by atoms with Crippen molar-refractivity contribution >= 4 is 23.6 Å². The van der Waals surface area contributed by atoms with E-state index in [4.69, 9.17) is 40.0 Å². The third-order valence-electron chi connectivity index (χ3n) is 5.00. The van der Waals surface area contributed by atoms with Crippen molar-refractivity contribution in [2.45, 2.75) is 6.10 Å². The predicted molar refractivity (Wildman–Crippen MR) is 137 cm³/mol. The van der Waals surface area contributed by atoms with Crippen molar-refractivity contribution in [3.05, 3.63) is 54.1 Å². The van der Waals surface area contributed by atoms with Crippen LogP contribution in [0.2, 0.25) is 5.02 Å². The summed E-state index contributed by atoms with van der Waals surface area (Å²) in [7, 11) is 3.03. The predicted octanol–water partition coefficient (Wildman–Crippen LogP) is 2.99. The molecule has 2 heterocycles. The summed E-state index contributed by atoms with van der Waals surface area (Å²) >= 11 is 6.40. The summed E-state index contributed by atoms with van der Waals surface area (Å²) in [5.74, 6) is 0.709. The molecule has 0 aliphatic carbocycles. The van der Waals surface area contributed by atoms with Crippen molar-refractivity contribution in [1.29, 1.82) is 0 Å². The number of methoxy groups -OCH3 is 2. The summed E-state index contributed by atoms with van der Waals surface area (Å²) in [6.07, 6.45) is 5.80. The maximum absolute atomic E-state index is 12.8. The van der Waals surface area contributed by atoms with E-state index in [2.05, 4.69) is 28.1 Å². The van der Waals surface area contributed by atoms with Crippen molar-refractivity contribution in [1.82, 2.24) is 19.9 Å². The Bertz CT molecular complexity index is 1100. The van der Waals surface area contributed by atoms with Gasteiger partial charge < -0.3 is 33.3 Å². The Balaban J connectivity index is 1.61. The van der Waals surface area contributed by atoms with Crippen molar-refractivity contribution in [2.75, 3.05) is 53.7 Å². The molecule has 1 aliphatic rings. The molecule has 1 amide bonds. The first-order valence-corrected chi connectivity index (χ1v) is 11.7. The Morgan fingerprint density at radius 2 is 1.73 bits per heavy atom. The van der Waals surface area contributed by atoms with Gasteiger partial charge in [-0.15, -0.1) is 15.0 Å². The molecule has 1 fully saturated rings. The molecule has 12 heteroatoms. The molecule has 1 aromatic heterocycles.